The lowest BCUT2D eigenvalue weighted by atomic mass is 10.1. The number of carbonyl (C=O) groups excluding carboxylic acids is 1. The Hall–Kier alpha value is -2.63. The average Bonchev–Trinajstić information content (AvgIpc) is 2.82. The van der Waals surface area contributed by atoms with E-state index in [9.17, 15) is 26.4 Å². The molecule has 1 aliphatic heterocycles. The third-order valence-electron chi connectivity index (χ3n) is 5.36. The third-order valence-corrected chi connectivity index (χ3v) is 8.18. The van der Waals surface area contributed by atoms with Gasteiger partial charge < -0.3 is 4.90 Å². The minimum Gasteiger partial charge on any atom is -0.339 e. The molecule has 174 valence electrons. The van der Waals surface area contributed by atoms with Gasteiger partial charge in [-0.05, 0) is 35.0 Å². The summed E-state index contributed by atoms with van der Waals surface area (Å²) in [4.78, 5) is 18.0. The van der Waals surface area contributed by atoms with Crippen molar-refractivity contribution in [1.29, 1.82) is 0 Å². The standard InChI is InChI=1S/C22H20F3N3O3S2/c23-22(24,25)18-6-8-20(26-14-18)32-15-21(29)27-9-11-28(12-10-27)33(30,31)19-7-5-16-3-1-2-4-17(16)13-19/h1-8,13-14H,9-12,15H2. The first-order valence-electron chi connectivity index (χ1n) is 10.1. The number of thioether (sulfide) groups is 1. The lowest BCUT2D eigenvalue weighted by molar-refractivity contribution is -0.138. The van der Waals surface area contributed by atoms with Gasteiger partial charge in [0.2, 0.25) is 15.9 Å². The highest BCUT2D eigenvalue weighted by atomic mass is 32.2. The van der Waals surface area contributed by atoms with Crippen LogP contribution in [-0.2, 0) is 21.0 Å². The largest absolute Gasteiger partial charge is 0.417 e. The van der Waals surface area contributed by atoms with E-state index in [0.29, 0.717) is 5.03 Å². The molecule has 1 aliphatic rings. The first-order valence-corrected chi connectivity index (χ1v) is 12.5. The summed E-state index contributed by atoms with van der Waals surface area (Å²) < 4.78 is 65.3. The minimum atomic E-state index is -4.46. The van der Waals surface area contributed by atoms with E-state index in [1.807, 2.05) is 24.3 Å². The molecule has 2 aromatic carbocycles. The number of carbonyl (C=O) groups is 1. The Balaban J connectivity index is 1.33. The number of fused-ring (bicyclic) bond motifs is 1. The van der Waals surface area contributed by atoms with Crippen LogP contribution in [0.1, 0.15) is 5.56 Å². The molecular weight excluding hydrogens is 475 g/mol. The summed E-state index contributed by atoms with van der Waals surface area (Å²) in [5.41, 5.74) is -0.845. The molecule has 1 aromatic heterocycles. The fourth-order valence-electron chi connectivity index (χ4n) is 3.52. The van der Waals surface area contributed by atoms with Crippen molar-refractivity contribution in [3.63, 3.8) is 0 Å². The summed E-state index contributed by atoms with van der Waals surface area (Å²) in [7, 11) is -3.69. The summed E-state index contributed by atoms with van der Waals surface area (Å²) in [5.74, 6) is -0.208. The number of rotatable bonds is 5. The Bertz CT molecular complexity index is 1260. The van der Waals surface area contributed by atoms with E-state index in [2.05, 4.69) is 4.98 Å². The molecular formula is C22H20F3N3O3S2. The van der Waals surface area contributed by atoms with Crippen molar-refractivity contribution < 1.29 is 26.4 Å². The van der Waals surface area contributed by atoms with Crippen LogP contribution in [0.25, 0.3) is 10.8 Å². The summed E-state index contributed by atoms with van der Waals surface area (Å²) in [5, 5.41) is 2.10. The molecule has 0 radical (unpaired) electrons. The Kier molecular flexibility index (Phi) is 6.64. The first-order chi connectivity index (χ1) is 15.6. The number of nitrogens with zero attached hydrogens (tertiary/aromatic N) is 3. The highest BCUT2D eigenvalue weighted by molar-refractivity contribution is 7.99. The maximum Gasteiger partial charge on any atom is 0.417 e. The van der Waals surface area contributed by atoms with E-state index in [1.165, 1.54) is 10.4 Å². The van der Waals surface area contributed by atoms with Crippen LogP contribution in [0.15, 0.2) is 70.7 Å². The summed E-state index contributed by atoms with van der Waals surface area (Å²) in [6, 6.07) is 14.7. The van der Waals surface area contributed by atoms with Crippen LogP contribution >= 0.6 is 11.8 Å². The fourth-order valence-corrected chi connectivity index (χ4v) is 5.72. The van der Waals surface area contributed by atoms with Crippen molar-refractivity contribution in [3.8, 4) is 0 Å². The second-order valence-corrected chi connectivity index (χ2v) is 10.4. The monoisotopic (exact) mass is 495 g/mol. The summed E-state index contributed by atoms with van der Waals surface area (Å²) in [6.07, 6.45) is -3.72. The average molecular weight is 496 g/mol. The molecule has 11 heteroatoms. The molecule has 0 unspecified atom stereocenters. The van der Waals surface area contributed by atoms with Crippen LogP contribution in [0.3, 0.4) is 0 Å². The Labute approximate surface area is 193 Å². The quantitative estimate of drug-likeness (QED) is 0.503. The normalized spacial score (nSPS) is 15.7. The van der Waals surface area contributed by atoms with Crippen LogP contribution in [0.4, 0.5) is 13.2 Å². The molecule has 1 amide bonds. The smallest absolute Gasteiger partial charge is 0.339 e. The first kappa shape index (κ1) is 23.5. The van der Waals surface area contributed by atoms with Crippen LogP contribution in [0.5, 0.6) is 0 Å². The van der Waals surface area contributed by atoms with Crippen molar-refractivity contribution in [2.75, 3.05) is 31.9 Å². The molecule has 0 N–H and O–H groups in total. The highest BCUT2D eigenvalue weighted by Crippen LogP contribution is 2.29. The van der Waals surface area contributed by atoms with Gasteiger partial charge in [0.05, 0.1) is 21.2 Å². The number of hydrogen-bond acceptors (Lipinski definition) is 5. The van der Waals surface area contributed by atoms with Gasteiger partial charge in [-0.2, -0.15) is 17.5 Å². The molecule has 0 spiro atoms. The molecule has 0 atom stereocenters. The molecule has 33 heavy (non-hydrogen) atoms. The van der Waals surface area contributed by atoms with E-state index in [4.69, 9.17) is 0 Å². The molecule has 0 saturated carbocycles. The van der Waals surface area contributed by atoms with E-state index < -0.39 is 21.8 Å². The number of hydrogen-bond donors (Lipinski definition) is 0. The van der Waals surface area contributed by atoms with E-state index in [-0.39, 0.29) is 42.7 Å². The number of aromatic nitrogens is 1. The van der Waals surface area contributed by atoms with Gasteiger partial charge in [0.25, 0.3) is 0 Å². The molecule has 6 nitrogen and oxygen atoms in total. The van der Waals surface area contributed by atoms with Gasteiger partial charge in [0.15, 0.2) is 0 Å². The lowest BCUT2D eigenvalue weighted by Gasteiger charge is -2.34. The zero-order valence-electron chi connectivity index (χ0n) is 17.3. The molecule has 1 saturated heterocycles. The van der Waals surface area contributed by atoms with Gasteiger partial charge in [-0.3, -0.25) is 4.79 Å². The van der Waals surface area contributed by atoms with E-state index >= 15 is 0 Å². The molecule has 2 heterocycles. The fraction of sp³-hybridized carbons (Fsp3) is 0.273. The number of pyridine rings is 1. The van der Waals surface area contributed by atoms with Crippen molar-refractivity contribution in [1.82, 2.24) is 14.2 Å². The molecule has 0 bridgehead atoms. The summed E-state index contributed by atoms with van der Waals surface area (Å²) >= 11 is 1.04. The number of amides is 1. The molecule has 4 rings (SSSR count). The predicted molar refractivity (Wildman–Crippen MR) is 119 cm³/mol. The van der Waals surface area contributed by atoms with Gasteiger partial charge in [-0.25, -0.2) is 13.4 Å². The Morgan fingerprint density at radius 1 is 0.970 bits per heavy atom. The van der Waals surface area contributed by atoms with Crippen LogP contribution in [-0.4, -0.2) is 60.4 Å². The summed E-state index contributed by atoms with van der Waals surface area (Å²) in [6.45, 7) is 0.827. The maximum atomic E-state index is 13.0. The second kappa shape index (κ2) is 9.32. The van der Waals surface area contributed by atoms with Gasteiger partial charge >= 0.3 is 6.18 Å². The van der Waals surface area contributed by atoms with Crippen molar-refractivity contribution in [2.45, 2.75) is 16.1 Å². The third kappa shape index (κ3) is 5.31. The van der Waals surface area contributed by atoms with E-state index in [1.54, 1.807) is 23.1 Å². The Morgan fingerprint density at radius 2 is 1.67 bits per heavy atom. The number of piperazine rings is 1. The zero-order chi connectivity index (χ0) is 23.6. The van der Waals surface area contributed by atoms with Crippen molar-refractivity contribution >= 4 is 38.5 Å². The molecule has 1 fully saturated rings. The van der Waals surface area contributed by atoms with Crippen LogP contribution < -0.4 is 0 Å². The van der Waals surface area contributed by atoms with Crippen molar-refractivity contribution in [2.24, 2.45) is 0 Å². The highest BCUT2D eigenvalue weighted by Gasteiger charge is 2.31. The SMILES string of the molecule is O=C(CSc1ccc(C(F)(F)F)cn1)N1CCN(S(=O)(=O)c2ccc3ccccc3c2)CC1. The van der Waals surface area contributed by atoms with E-state index in [0.717, 1.165) is 34.8 Å². The van der Waals surface area contributed by atoms with Crippen molar-refractivity contribution in [3.05, 3.63) is 66.4 Å². The Morgan fingerprint density at radius 3 is 2.30 bits per heavy atom. The zero-order valence-corrected chi connectivity index (χ0v) is 19.0. The van der Waals surface area contributed by atoms with Gasteiger partial charge in [0.1, 0.15) is 0 Å². The number of halogens is 3. The predicted octanol–water partition coefficient (Wildman–Crippen LogP) is 3.88. The van der Waals surface area contributed by atoms with Gasteiger partial charge in [0, 0.05) is 32.4 Å². The number of sulfonamides is 1. The molecule has 0 aliphatic carbocycles. The van der Waals surface area contributed by atoms with Gasteiger partial charge in [-0.15, -0.1) is 0 Å². The van der Waals surface area contributed by atoms with Crippen LogP contribution in [0, 0.1) is 0 Å². The second-order valence-electron chi connectivity index (χ2n) is 7.47. The topological polar surface area (TPSA) is 70.6 Å². The number of alkyl halides is 3. The lowest BCUT2D eigenvalue weighted by Crippen LogP contribution is -2.50. The maximum absolute atomic E-state index is 13.0. The van der Waals surface area contributed by atoms with Gasteiger partial charge in [-0.1, -0.05) is 42.1 Å². The van der Waals surface area contributed by atoms with Crippen LogP contribution in [0.2, 0.25) is 0 Å². The molecule has 3 aromatic rings. The number of benzene rings is 2. The minimum absolute atomic E-state index is 0.00971.